The number of benzene rings is 1. The van der Waals surface area contributed by atoms with Gasteiger partial charge in [0.25, 0.3) is 0 Å². The van der Waals surface area contributed by atoms with E-state index in [9.17, 15) is 15.0 Å². The number of carboxylic acid groups (broad SMARTS) is 1. The summed E-state index contributed by atoms with van der Waals surface area (Å²) in [4.78, 5) is 10.3. The lowest BCUT2D eigenvalue weighted by Gasteiger charge is -2.08. The number of phenols is 2. The molecule has 0 aliphatic rings. The van der Waals surface area contributed by atoms with Crippen molar-refractivity contribution < 1.29 is 25.2 Å². The van der Waals surface area contributed by atoms with Crippen molar-refractivity contribution in [2.75, 3.05) is 0 Å². The fourth-order valence-corrected chi connectivity index (χ4v) is 1.36. The number of aryl methyl sites for hydroxylation is 1. The number of carboxylic acids is 1. The lowest BCUT2D eigenvalue weighted by atomic mass is 10.0. The Labute approximate surface area is 92.6 Å². The quantitative estimate of drug-likeness (QED) is 0.558. The summed E-state index contributed by atoms with van der Waals surface area (Å²) < 4.78 is 0. The van der Waals surface area contributed by atoms with Crippen LogP contribution in [0, 0.1) is 0 Å². The molecule has 16 heavy (non-hydrogen) atoms. The molecule has 1 rings (SSSR count). The van der Waals surface area contributed by atoms with E-state index in [1.165, 1.54) is 12.1 Å². The topological polar surface area (TPSA) is 98.0 Å². The smallest absolute Gasteiger partial charge is 0.305 e. The van der Waals surface area contributed by atoms with Gasteiger partial charge in [-0.05, 0) is 30.5 Å². The van der Waals surface area contributed by atoms with Crippen LogP contribution in [0.1, 0.15) is 18.4 Å². The molecule has 5 nitrogen and oxygen atoms in total. The third kappa shape index (κ3) is 3.78. The molecule has 0 bridgehead atoms. The maximum absolute atomic E-state index is 10.3. The number of aliphatic carboxylic acids is 1. The first kappa shape index (κ1) is 12.3. The SMILES string of the molecule is O=C(O)CC(O)CCc1ccc(O)c(O)c1. The van der Waals surface area contributed by atoms with Crippen LogP contribution in [0.5, 0.6) is 11.5 Å². The first-order chi connectivity index (χ1) is 7.49. The van der Waals surface area contributed by atoms with E-state index in [0.29, 0.717) is 12.8 Å². The van der Waals surface area contributed by atoms with Gasteiger partial charge in [0, 0.05) is 0 Å². The van der Waals surface area contributed by atoms with Crippen LogP contribution < -0.4 is 0 Å². The van der Waals surface area contributed by atoms with E-state index in [1.54, 1.807) is 6.07 Å². The van der Waals surface area contributed by atoms with Crippen LogP contribution in [0.2, 0.25) is 0 Å². The van der Waals surface area contributed by atoms with Crippen molar-refractivity contribution in [2.24, 2.45) is 0 Å². The summed E-state index contributed by atoms with van der Waals surface area (Å²) in [6.45, 7) is 0. The second kappa shape index (κ2) is 5.37. The number of aliphatic hydroxyl groups is 1. The van der Waals surface area contributed by atoms with Gasteiger partial charge in [0.05, 0.1) is 12.5 Å². The minimum Gasteiger partial charge on any atom is -0.504 e. The first-order valence-corrected chi connectivity index (χ1v) is 4.89. The molecule has 0 aliphatic carbocycles. The second-order valence-corrected chi connectivity index (χ2v) is 3.61. The van der Waals surface area contributed by atoms with Gasteiger partial charge in [-0.3, -0.25) is 4.79 Å². The standard InChI is InChI=1S/C11H14O5/c12-8(6-11(15)16)3-1-7-2-4-9(13)10(14)5-7/h2,4-5,8,12-14H,1,3,6H2,(H,15,16). The van der Waals surface area contributed by atoms with E-state index in [-0.39, 0.29) is 17.9 Å². The molecule has 0 fully saturated rings. The van der Waals surface area contributed by atoms with Gasteiger partial charge >= 0.3 is 5.97 Å². The maximum atomic E-state index is 10.3. The summed E-state index contributed by atoms with van der Waals surface area (Å²) in [5.74, 6) is -1.46. The van der Waals surface area contributed by atoms with Crippen molar-refractivity contribution in [1.29, 1.82) is 0 Å². The molecule has 0 radical (unpaired) electrons. The van der Waals surface area contributed by atoms with Crippen molar-refractivity contribution in [3.63, 3.8) is 0 Å². The van der Waals surface area contributed by atoms with E-state index in [0.717, 1.165) is 5.56 Å². The highest BCUT2D eigenvalue weighted by Crippen LogP contribution is 2.25. The largest absolute Gasteiger partial charge is 0.504 e. The van der Waals surface area contributed by atoms with Gasteiger partial charge in [-0.1, -0.05) is 6.07 Å². The minimum absolute atomic E-state index is 0.199. The molecule has 0 heterocycles. The van der Waals surface area contributed by atoms with Gasteiger partial charge in [-0.15, -0.1) is 0 Å². The van der Waals surface area contributed by atoms with Crippen LogP contribution in [0.25, 0.3) is 0 Å². The Kier molecular flexibility index (Phi) is 4.13. The van der Waals surface area contributed by atoms with E-state index in [1.807, 2.05) is 0 Å². The average molecular weight is 226 g/mol. The summed E-state index contributed by atoms with van der Waals surface area (Å²) in [5, 5.41) is 36.0. The molecular weight excluding hydrogens is 212 g/mol. The molecule has 0 saturated heterocycles. The van der Waals surface area contributed by atoms with Gasteiger partial charge in [0.15, 0.2) is 11.5 Å². The number of hydrogen-bond donors (Lipinski definition) is 4. The number of rotatable bonds is 5. The van der Waals surface area contributed by atoms with Crippen LogP contribution in [0.15, 0.2) is 18.2 Å². The molecule has 5 heteroatoms. The van der Waals surface area contributed by atoms with Gasteiger partial charge in [0.1, 0.15) is 0 Å². The molecule has 1 aromatic carbocycles. The zero-order valence-corrected chi connectivity index (χ0v) is 8.63. The van der Waals surface area contributed by atoms with Gasteiger partial charge in [-0.25, -0.2) is 0 Å². The fraction of sp³-hybridized carbons (Fsp3) is 0.364. The highest BCUT2D eigenvalue weighted by Gasteiger charge is 2.10. The zero-order chi connectivity index (χ0) is 12.1. The van der Waals surface area contributed by atoms with Crippen LogP contribution in [-0.2, 0) is 11.2 Å². The first-order valence-electron chi connectivity index (χ1n) is 4.89. The van der Waals surface area contributed by atoms with Crippen molar-refractivity contribution >= 4 is 5.97 Å². The maximum Gasteiger partial charge on any atom is 0.305 e. The Bertz CT molecular complexity index is 375. The summed E-state index contributed by atoms with van der Waals surface area (Å²) in [6, 6.07) is 4.36. The Balaban J connectivity index is 2.48. The van der Waals surface area contributed by atoms with E-state index >= 15 is 0 Å². The molecule has 0 saturated carbocycles. The van der Waals surface area contributed by atoms with Crippen molar-refractivity contribution in [2.45, 2.75) is 25.4 Å². The van der Waals surface area contributed by atoms with Crippen molar-refractivity contribution in [3.8, 4) is 11.5 Å². The van der Waals surface area contributed by atoms with Gasteiger partial charge < -0.3 is 20.4 Å². The molecule has 0 aromatic heterocycles. The summed E-state index contributed by atoms with van der Waals surface area (Å²) in [6.07, 6.45) is -0.434. The Hall–Kier alpha value is -1.75. The average Bonchev–Trinajstić information content (AvgIpc) is 2.19. The normalized spacial score (nSPS) is 12.3. The monoisotopic (exact) mass is 226 g/mol. The third-order valence-corrected chi connectivity index (χ3v) is 2.22. The molecular formula is C11H14O5. The van der Waals surface area contributed by atoms with E-state index in [2.05, 4.69) is 0 Å². The summed E-state index contributed by atoms with van der Waals surface area (Å²) in [7, 11) is 0. The Morgan fingerprint density at radius 1 is 1.25 bits per heavy atom. The predicted octanol–water partition coefficient (Wildman–Crippen LogP) is 0.866. The number of phenolic OH excluding ortho intramolecular Hbond substituents is 2. The van der Waals surface area contributed by atoms with Crippen molar-refractivity contribution in [3.05, 3.63) is 23.8 Å². The Morgan fingerprint density at radius 3 is 2.50 bits per heavy atom. The molecule has 1 atom stereocenters. The molecule has 1 aromatic rings. The third-order valence-electron chi connectivity index (χ3n) is 2.22. The van der Waals surface area contributed by atoms with Gasteiger partial charge in [0.2, 0.25) is 0 Å². The van der Waals surface area contributed by atoms with Crippen LogP contribution in [0.4, 0.5) is 0 Å². The zero-order valence-electron chi connectivity index (χ0n) is 8.63. The lowest BCUT2D eigenvalue weighted by Crippen LogP contribution is -2.13. The second-order valence-electron chi connectivity index (χ2n) is 3.61. The van der Waals surface area contributed by atoms with Crippen LogP contribution in [0.3, 0.4) is 0 Å². The number of aromatic hydroxyl groups is 2. The van der Waals surface area contributed by atoms with E-state index < -0.39 is 12.1 Å². The molecule has 0 aliphatic heterocycles. The molecule has 0 spiro atoms. The highest BCUT2D eigenvalue weighted by molar-refractivity contribution is 5.67. The van der Waals surface area contributed by atoms with Crippen LogP contribution in [-0.4, -0.2) is 32.5 Å². The van der Waals surface area contributed by atoms with Crippen molar-refractivity contribution in [1.82, 2.24) is 0 Å². The highest BCUT2D eigenvalue weighted by atomic mass is 16.4. The Morgan fingerprint density at radius 2 is 1.94 bits per heavy atom. The molecule has 4 N–H and O–H groups in total. The number of hydrogen-bond acceptors (Lipinski definition) is 4. The van der Waals surface area contributed by atoms with E-state index in [4.69, 9.17) is 10.2 Å². The minimum atomic E-state index is -1.04. The van der Waals surface area contributed by atoms with Gasteiger partial charge in [-0.2, -0.15) is 0 Å². The molecule has 0 amide bonds. The summed E-state index contributed by atoms with van der Waals surface area (Å²) >= 11 is 0. The molecule has 1 unspecified atom stereocenters. The van der Waals surface area contributed by atoms with Crippen LogP contribution >= 0.6 is 0 Å². The lowest BCUT2D eigenvalue weighted by molar-refractivity contribution is -0.139. The molecule has 88 valence electrons. The number of aliphatic hydroxyl groups excluding tert-OH is 1. The predicted molar refractivity (Wildman–Crippen MR) is 56.4 cm³/mol. The number of carbonyl (C=O) groups is 1. The fourth-order valence-electron chi connectivity index (χ4n) is 1.36. The summed E-state index contributed by atoms with van der Waals surface area (Å²) in [5.41, 5.74) is 0.736.